The minimum absolute atomic E-state index is 0.0737. The highest BCUT2D eigenvalue weighted by molar-refractivity contribution is 5.87. The molecule has 0 aromatic carbocycles. The summed E-state index contributed by atoms with van der Waals surface area (Å²) in [5, 5.41) is 22.5. The van der Waals surface area contributed by atoms with E-state index in [0.717, 1.165) is 57.8 Å². The number of aliphatic hydroxyl groups is 1. The SMILES string of the molecule is CCCCCCCCC/C=C\C(CCCCCCCCC(=O)NCC(=O)NC(CO)C(=O)O)OC(=O)CCCCCCCCCCCCCCCC. The third kappa shape index (κ3) is 34.7. The summed E-state index contributed by atoms with van der Waals surface area (Å²) in [5.41, 5.74) is 0. The molecule has 0 bridgehead atoms. The molecule has 0 heterocycles. The van der Waals surface area contributed by atoms with Gasteiger partial charge < -0.3 is 25.6 Å². The van der Waals surface area contributed by atoms with Crippen LogP contribution in [-0.4, -0.2) is 59.3 Å². The zero-order chi connectivity index (χ0) is 38.3. The van der Waals surface area contributed by atoms with Crippen LogP contribution in [0.1, 0.15) is 213 Å². The van der Waals surface area contributed by atoms with Crippen LogP contribution in [0.2, 0.25) is 0 Å². The predicted molar refractivity (Wildman–Crippen MR) is 213 cm³/mol. The molecule has 0 aliphatic rings. The largest absolute Gasteiger partial charge is 0.480 e. The normalized spacial score (nSPS) is 12.5. The van der Waals surface area contributed by atoms with Crippen molar-refractivity contribution in [3.63, 3.8) is 0 Å². The number of amides is 2. The molecule has 2 unspecified atom stereocenters. The van der Waals surface area contributed by atoms with Gasteiger partial charge >= 0.3 is 11.9 Å². The molecule has 0 fully saturated rings. The summed E-state index contributed by atoms with van der Waals surface area (Å²) in [6.07, 6.45) is 39.7. The Morgan fingerprint density at radius 2 is 1.02 bits per heavy atom. The molecule has 0 rings (SSSR count). The number of rotatable bonds is 39. The molecule has 0 aliphatic heterocycles. The smallest absolute Gasteiger partial charge is 0.328 e. The van der Waals surface area contributed by atoms with E-state index in [1.54, 1.807) is 0 Å². The van der Waals surface area contributed by atoms with Crippen LogP contribution in [0.4, 0.5) is 0 Å². The van der Waals surface area contributed by atoms with Gasteiger partial charge in [-0.1, -0.05) is 168 Å². The number of hydrogen-bond donors (Lipinski definition) is 4. The number of carbonyl (C=O) groups is 4. The van der Waals surface area contributed by atoms with Crippen LogP contribution in [0, 0.1) is 0 Å². The van der Waals surface area contributed by atoms with Crippen molar-refractivity contribution < 1.29 is 34.1 Å². The molecule has 0 aliphatic carbocycles. The average molecular weight is 737 g/mol. The Balaban J connectivity index is 4.24. The van der Waals surface area contributed by atoms with Crippen LogP contribution >= 0.6 is 0 Å². The molecule has 4 N–H and O–H groups in total. The first-order chi connectivity index (χ1) is 25.3. The molecular weight excluding hydrogens is 656 g/mol. The number of ether oxygens (including phenoxy) is 1. The molecule has 0 saturated heterocycles. The van der Waals surface area contributed by atoms with Crippen LogP contribution in [-0.2, 0) is 23.9 Å². The van der Waals surface area contributed by atoms with Gasteiger partial charge in [-0.25, -0.2) is 4.79 Å². The number of unbranched alkanes of at least 4 members (excludes halogenated alkanes) is 25. The van der Waals surface area contributed by atoms with E-state index in [-0.39, 0.29) is 24.5 Å². The number of nitrogens with one attached hydrogen (secondary N) is 2. The Labute approximate surface area is 318 Å². The van der Waals surface area contributed by atoms with E-state index in [1.807, 2.05) is 0 Å². The molecule has 2 amide bonds. The maximum atomic E-state index is 12.7. The molecule has 0 aromatic heterocycles. The van der Waals surface area contributed by atoms with E-state index in [1.165, 1.54) is 122 Å². The van der Waals surface area contributed by atoms with E-state index in [4.69, 9.17) is 14.9 Å². The zero-order valence-corrected chi connectivity index (χ0v) is 33.6. The lowest BCUT2D eigenvalue weighted by atomic mass is 10.0. The van der Waals surface area contributed by atoms with E-state index >= 15 is 0 Å². The number of carbonyl (C=O) groups excluding carboxylic acids is 3. The molecule has 0 radical (unpaired) electrons. The van der Waals surface area contributed by atoms with Crippen LogP contribution < -0.4 is 10.6 Å². The molecule has 9 nitrogen and oxygen atoms in total. The van der Waals surface area contributed by atoms with E-state index in [2.05, 4.69) is 36.6 Å². The fraction of sp³-hybridized carbons (Fsp3) is 0.860. The third-order valence-electron chi connectivity index (χ3n) is 9.75. The van der Waals surface area contributed by atoms with E-state index < -0.39 is 24.5 Å². The van der Waals surface area contributed by atoms with Crippen molar-refractivity contribution in [3.05, 3.63) is 12.2 Å². The maximum absolute atomic E-state index is 12.7. The van der Waals surface area contributed by atoms with Crippen LogP contribution in [0.5, 0.6) is 0 Å². The summed E-state index contributed by atoms with van der Waals surface area (Å²) in [7, 11) is 0. The number of allylic oxidation sites excluding steroid dienone is 1. The lowest BCUT2D eigenvalue weighted by Crippen LogP contribution is -2.47. The van der Waals surface area contributed by atoms with Gasteiger partial charge in [0, 0.05) is 12.8 Å². The van der Waals surface area contributed by atoms with Gasteiger partial charge in [-0.15, -0.1) is 0 Å². The molecule has 0 saturated carbocycles. The van der Waals surface area contributed by atoms with Crippen molar-refractivity contribution >= 4 is 23.8 Å². The van der Waals surface area contributed by atoms with Crippen LogP contribution in [0.25, 0.3) is 0 Å². The van der Waals surface area contributed by atoms with Crippen molar-refractivity contribution in [3.8, 4) is 0 Å². The highest BCUT2D eigenvalue weighted by Crippen LogP contribution is 2.17. The molecule has 0 spiro atoms. The number of carboxylic acid groups (broad SMARTS) is 1. The molecule has 0 aromatic rings. The van der Waals surface area contributed by atoms with Gasteiger partial charge in [0.15, 0.2) is 0 Å². The van der Waals surface area contributed by atoms with Gasteiger partial charge in [0.2, 0.25) is 11.8 Å². The summed E-state index contributed by atoms with van der Waals surface area (Å²) >= 11 is 0. The Morgan fingerprint density at radius 3 is 1.50 bits per heavy atom. The van der Waals surface area contributed by atoms with Crippen molar-refractivity contribution in [2.24, 2.45) is 0 Å². The monoisotopic (exact) mass is 737 g/mol. The van der Waals surface area contributed by atoms with E-state index in [0.29, 0.717) is 19.3 Å². The second-order valence-corrected chi connectivity index (χ2v) is 14.8. The second kappa shape index (κ2) is 38.3. The quantitative estimate of drug-likeness (QED) is 0.0279. The number of aliphatic hydroxyl groups excluding tert-OH is 1. The van der Waals surface area contributed by atoms with Crippen LogP contribution in [0.3, 0.4) is 0 Å². The molecule has 2 atom stereocenters. The van der Waals surface area contributed by atoms with Gasteiger partial charge in [0.05, 0.1) is 13.2 Å². The average Bonchev–Trinajstić information content (AvgIpc) is 3.13. The van der Waals surface area contributed by atoms with Gasteiger partial charge in [-0.3, -0.25) is 14.4 Å². The fourth-order valence-corrected chi connectivity index (χ4v) is 6.39. The lowest BCUT2D eigenvalue weighted by molar-refractivity contribution is -0.147. The number of hydrogen-bond acceptors (Lipinski definition) is 6. The minimum atomic E-state index is -1.38. The molecule has 52 heavy (non-hydrogen) atoms. The fourth-order valence-electron chi connectivity index (χ4n) is 6.39. The van der Waals surface area contributed by atoms with Crippen LogP contribution in [0.15, 0.2) is 12.2 Å². The summed E-state index contributed by atoms with van der Waals surface area (Å²) in [4.78, 5) is 47.4. The highest BCUT2D eigenvalue weighted by Gasteiger charge is 2.18. The highest BCUT2D eigenvalue weighted by atomic mass is 16.5. The third-order valence-corrected chi connectivity index (χ3v) is 9.75. The van der Waals surface area contributed by atoms with E-state index in [9.17, 15) is 19.2 Å². The van der Waals surface area contributed by atoms with Crippen molar-refractivity contribution in [2.75, 3.05) is 13.2 Å². The molecule has 9 heteroatoms. The van der Waals surface area contributed by atoms with Crippen molar-refractivity contribution in [2.45, 2.75) is 225 Å². The Kier molecular flexibility index (Phi) is 36.5. The second-order valence-electron chi connectivity index (χ2n) is 14.8. The standard InChI is InChI=1S/C43H80N2O7/c1-3-5-7-9-11-13-14-15-16-17-19-21-27-31-35-42(49)52-38(32-28-24-20-18-12-10-8-6-4-2)33-29-25-22-23-26-30-34-40(47)44-36-41(48)45-39(37-46)43(50)51/h28,32,38-39,46H,3-27,29-31,33-37H2,1-2H3,(H,44,47)(H,45,48)(H,50,51)/b32-28-. The first-order valence-electron chi connectivity index (χ1n) is 21.6. The Hall–Kier alpha value is -2.42. The Bertz CT molecular complexity index is 895. The van der Waals surface area contributed by atoms with Gasteiger partial charge in [-0.2, -0.15) is 0 Å². The molecular formula is C43H80N2O7. The topological polar surface area (TPSA) is 142 Å². The molecule has 304 valence electrons. The predicted octanol–water partition coefficient (Wildman–Crippen LogP) is 10.3. The number of carboxylic acids is 1. The first-order valence-corrected chi connectivity index (χ1v) is 21.6. The first kappa shape index (κ1) is 49.6. The van der Waals surface area contributed by atoms with Gasteiger partial charge in [0.25, 0.3) is 0 Å². The lowest BCUT2D eigenvalue weighted by Gasteiger charge is -2.15. The number of esters is 1. The minimum Gasteiger partial charge on any atom is -0.480 e. The van der Waals surface area contributed by atoms with Crippen molar-refractivity contribution in [1.82, 2.24) is 10.6 Å². The van der Waals surface area contributed by atoms with Gasteiger partial charge in [-0.05, 0) is 44.6 Å². The summed E-state index contributed by atoms with van der Waals surface area (Å²) in [6.45, 7) is 3.48. The summed E-state index contributed by atoms with van der Waals surface area (Å²) in [6, 6.07) is -1.38. The number of aliphatic carboxylic acids is 1. The van der Waals surface area contributed by atoms with Crippen molar-refractivity contribution in [1.29, 1.82) is 0 Å². The summed E-state index contributed by atoms with van der Waals surface area (Å²) < 4.78 is 5.95. The zero-order valence-electron chi connectivity index (χ0n) is 33.6. The van der Waals surface area contributed by atoms with Gasteiger partial charge in [0.1, 0.15) is 12.1 Å². The maximum Gasteiger partial charge on any atom is 0.328 e. The Morgan fingerprint density at radius 1 is 0.577 bits per heavy atom. The summed E-state index contributed by atoms with van der Waals surface area (Å²) in [5.74, 6) is -2.31.